The van der Waals surface area contributed by atoms with Gasteiger partial charge in [-0.25, -0.2) is 4.79 Å². The van der Waals surface area contributed by atoms with Crippen LogP contribution in [0.25, 0.3) is 11.5 Å². The van der Waals surface area contributed by atoms with Crippen molar-refractivity contribution in [2.75, 3.05) is 13.1 Å². The number of hydrogen-bond acceptors (Lipinski definition) is 8. The molecule has 1 fully saturated rings. The molecule has 2 aromatic heterocycles. The van der Waals surface area contributed by atoms with Crippen molar-refractivity contribution in [1.82, 2.24) is 20.1 Å². The number of benzene rings is 2. The van der Waals surface area contributed by atoms with Gasteiger partial charge in [0.1, 0.15) is 0 Å². The van der Waals surface area contributed by atoms with Crippen molar-refractivity contribution in [3.63, 3.8) is 0 Å². The van der Waals surface area contributed by atoms with Gasteiger partial charge in [-0.3, -0.25) is 9.54 Å². The topological polar surface area (TPSA) is 136 Å². The number of nitrogens with zero attached hydrogens (tertiary/aromatic N) is 4. The van der Waals surface area contributed by atoms with Crippen molar-refractivity contribution in [2.45, 2.75) is 30.6 Å². The van der Waals surface area contributed by atoms with Crippen molar-refractivity contribution in [3.05, 3.63) is 89.5 Å². The summed E-state index contributed by atoms with van der Waals surface area (Å²) in [5.41, 5.74) is 1.75. The van der Waals surface area contributed by atoms with Crippen LogP contribution in [0.2, 0.25) is 5.02 Å². The van der Waals surface area contributed by atoms with E-state index in [0.29, 0.717) is 35.6 Å². The van der Waals surface area contributed by atoms with Crippen molar-refractivity contribution in [2.24, 2.45) is 0 Å². The van der Waals surface area contributed by atoms with Crippen molar-refractivity contribution < 1.29 is 26.9 Å². The summed E-state index contributed by atoms with van der Waals surface area (Å²) < 4.78 is 40.7. The second-order valence-electron chi connectivity index (χ2n) is 8.56. The van der Waals surface area contributed by atoms with Gasteiger partial charge in [-0.1, -0.05) is 35.4 Å². The van der Waals surface area contributed by atoms with Crippen LogP contribution in [0.1, 0.15) is 30.2 Å². The first-order valence-electron chi connectivity index (χ1n) is 11.7. The number of carbonyl (C=O) groups excluding carboxylic acids is 1. The standard InChI is InChI=1S/C19H17ClN4O3.C7H8O3S/c20-15-4-1-3-14(11-15)18-23-22-17(27-18)13-6-9-24(10-7-13)19(25)26-16-5-2-8-21-12-16;1-6-2-4-7(5-3-6)11(8,9)10/h1-5,8,11-13H,6-7,9-10H2;2-5H,1H3,(H,8,9,10). The number of ether oxygens (including phenoxy) is 1. The number of rotatable bonds is 4. The third kappa shape index (κ3) is 7.37. The molecule has 1 aliphatic rings. The monoisotopic (exact) mass is 556 g/mol. The Morgan fingerprint density at radius 1 is 1.08 bits per heavy atom. The van der Waals surface area contributed by atoms with E-state index in [-0.39, 0.29) is 16.9 Å². The van der Waals surface area contributed by atoms with Gasteiger partial charge in [0.2, 0.25) is 11.8 Å². The van der Waals surface area contributed by atoms with Gasteiger partial charge < -0.3 is 14.1 Å². The van der Waals surface area contributed by atoms with Crippen LogP contribution in [-0.2, 0) is 10.1 Å². The molecule has 0 bridgehead atoms. The Morgan fingerprint density at radius 3 is 2.45 bits per heavy atom. The lowest BCUT2D eigenvalue weighted by atomic mass is 9.97. The Morgan fingerprint density at radius 2 is 1.82 bits per heavy atom. The largest absolute Gasteiger partial charge is 0.420 e. The van der Waals surface area contributed by atoms with Crippen LogP contribution in [-0.4, -0.2) is 52.2 Å². The molecule has 1 N–H and O–H groups in total. The van der Waals surface area contributed by atoms with Gasteiger partial charge in [0.05, 0.1) is 11.1 Å². The van der Waals surface area contributed by atoms with Crippen LogP contribution in [0.4, 0.5) is 4.79 Å². The third-order valence-electron chi connectivity index (χ3n) is 5.77. The zero-order valence-corrected chi connectivity index (χ0v) is 22.0. The number of piperidine rings is 1. The maximum absolute atomic E-state index is 12.2. The minimum Gasteiger partial charge on any atom is -0.420 e. The maximum Gasteiger partial charge on any atom is 0.415 e. The van der Waals surface area contributed by atoms with Gasteiger partial charge in [-0.2, -0.15) is 8.42 Å². The van der Waals surface area contributed by atoms with Gasteiger partial charge in [0.15, 0.2) is 5.75 Å². The zero-order valence-electron chi connectivity index (χ0n) is 20.4. The number of hydrogen-bond donors (Lipinski definition) is 1. The van der Waals surface area contributed by atoms with Crippen LogP contribution in [0.3, 0.4) is 0 Å². The minimum absolute atomic E-state index is 0.0666. The SMILES string of the molecule is Cc1ccc(S(=O)(=O)O)cc1.O=C(Oc1cccnc1)N1CCC(c2nnc(-c3cccc(Cl)c3)o2)CC1. The van der Waals surface area contributed by atoms with E-state index in [2.05, 4.69) is 15.2 Å². The summed E-state index contributed by atoms with van der Waals surface area (Å²) in [6.45, 7) is 2.98. The zero-order chi connectivity index (χ0) is 27.1. The molecule has 1 saturated heterocycles. The molecule has 2 aromatic carbocycles. The normalized spacial score (nSPS) is 13.9. The van der Waals surface area contributed by atoms with Gasteiger partial charge in [-0.05, 0) is 62.2 Å². The average Bonchev–Trinajstić information content (AvgIpc) is 3.40. The molecule has 0 spiro atoms. The quantitative estimate of drug-likeness (QED) is 0.327. The highest BCUT2D eigenvalue weighted by Gasteiger charge is 2.28. The van der Waals surface area contributed by atoms with Crippen molar-refractivity contribution >= 4 is 27.8 Å². The summed E-state index contributed by atoms with van der Waals surface area (Å²) in [4.78, 5) is 17.8. The van der Waals surface area contributed by atoms with E-state index < -0.39 is 10.1 Å². The summed E-state index contributed by atoms with van der Waals surface area (Å²) in [5, 5.41) is 8.92. The van der Waals surface area contributed by atoms with E-state index in [1.807, 2.05) is 19.1 Å². The Hall–Kier alpha value is -3.80. The summed E-state index contributed by atoms with van der Waals surface area (Å²) in [7, 11) is -4.02. The van der Waals surface area contributed by atoms with Crippen molar-refractivity contribution in [1.29, 1.82) is 0 Å². The molecule has 1 amide bonds. The summed E-state index contributed by atoms with van der Waals surface area (Å²) in [5.74, 6) is 1.59. The molecule has 3 heterocycles. The van der Waals surface area contributed by atoms with Gasteiger partial charge in [0, 0.05) is 35.8 Å². The van der Waals surface area contributed by atoms with Crippen LogP contribution >= 0.6 is 11.6 Å². The van der Waals surface area contributed by atoms with Crippen LogP contribution < -0.4 is 4.74 Å². The summed E-state index contributed by atoms with van der Waals surface area (Å²) >= 11 is 6.01. The van der Waals surface area contributed by atoms with E-state index in [1.54, 1.807) is 47.5 Å². The van der Waals surface area contributed by atoms with E-state index in [4.69, 9.17) is 25.3 Å². The fraction of sp³-hybridized carbons (Fsp3) is 0.231. The van der Waals surface area contributed by atoms with Crippen molar-refractivity contribution in [3.8, 4) is 17.2 Å². The molecule has 4 aromatic rings. The van der Waals surface area contributed by atoms with Crippen LogP contribution in [0.5, 0.6) is 5.75 Å². The smallest absolute Gasteiger partial charge is 0.415 e. The van der Waals surface area contributed by atoms with Gasteiger partial charge in [-0.15, -0.1) is 10.2 Å². The highest BCUT2D eigenvalue weighted by atomic mass is 35.5. The molecule has 0 unspecified atom stereocenters. The Kier molecular flexibility index (Phi) is 8.72. The summed E-state index contributed by atoms with van der Waals surface area (Å²) in [6.07, 6.45) is 4.25. The molecule has 0 radical (unpaired) electrons. The minimum atomic E-state index is -4.02. The number of carbonyl (C=O) groups is 1. The number of pyridine rings is 1. The summed E-state index contributed by atoms with van der Waals surface area (Å²) in [6, 6.07) is 16.7. The second-order valence-corrected chi connectivity index (χ2v) is 10.4. The molecule has 5 rings (SSSR count). The molecule has 198 valence electrons. The molecule has 38 heavy (non-hydrogen) atoms. The number of halogens is 1. The number of aryl methyl sites for hydroxylation is 1. The lowest BCUT2D eigenvalue weighted by Gasteiger charge is -2.29. The molecular formula is C26H25ClN4O6S. The third-order valence-corrected chi connectivity index (χ3v) is 6.88. The first-order chi connectivity index (χ1) is 18.2. The molecule has 12 heteroatoms. The fourth-order valence-electron chi connectivity index (χ4n) is 3.73. The van der Waals surface area contributed by atoms with Crippen LogP contribution in [0, 0.1) is 6.92 Å². The molecule has 1 aliphatic heterocycles. The lowest BCUT2D eigenvalue weighted by Crippen LogP contribution is -2.39. The Labute approximate surface area is 225 Å². The maximum atomic E-state index is 12.2. The fourth-order valence-corrected chi connectivity index (χ4v) is 4.40. The Balaban J connectivity index is 0.000000257. The first kappa shape index (κ1) is 27.2. The predicted molar refractivity (Wildman–Crippen MR) is 140 cm³/mol. The highest BCUT2D eigenvalue weighted by Crippen LogP contribution is 2.30. The highest BCUT2D eigenvalue weighted by molar-refractivity contribution is 7.85. The molecule has 0 saturated carbocycles. The Bertz CT molecular complexity index is 1470. The molecular weight excluding hydrogens is 532 g/mol. The van der Waals surface area contributed by atoms with E-state index in [1.165, 1.54) is 18.3 Å². The first-order valence-corrected chi connectivity index (χ1v) is 13.5. The number of amides is 1. The number of likely N-dealkylation sites (tertiary alicyclic amines) is 1. The molecule has 0 atom stereocenters. The average molecular weight is 557 g/mol. The van der Waals surface area contributed by atoms with E-state index in [0.717, 1.165) is 24.0 Å². The second kappa shape index (κ2) is 12.2. The van der Waals surface area contributed by atoms with E-state index >= 15 is 0 Å². The molecule has 10 nitrogen and oxygen atoms in total. The van der Waals surface area contributed by atoms with Gasteiger partial charge >= 0.3 is 6.09 Å². The van der Waals surface area contributed by atoms with Gasteiger partial charge in [0.25, 0.3) is 10.1 Å². The molecule has 0 aliphatic carbocycles. The van der Waals surface area contributed by atoms with Crippen LogP contribution in [0.15, 0.2) is 82.4 Å². The number of aromatic nitrogens is 3. The predicted octanol–water partition coefficient (Wildman–Crippen LogP) is 5.41. The lowest BCUT2D eigenvalue weighted by molar-refractivity contribution is 0.136. The van der Waals surface area contributed by atoms with E-state index in [9.17, 15) is 13.2 Å².